The van der Waals surface area contributed by atoms with Crippen molar-refractivity contribution < 1.29 is 13.6 Å². The van der Waals surface area contributed by atoms with E-state index in [0.29, 0.717) is 29.7 Å². The molecular formula is C17H20N4O3S. The van der Waals surface area contributed by atoms with Crippen molar-refractivity contribution in [2.24, 2.45) is 0 Å². The average molecular weight is 360 g/mol. The van der Waals surface area contributed by atoms with Crippen LogP contribution >= 0.6 is 11.8 Å². The topological polar surface area (TPSA) is 86.1 Å². The van der Waals surface area contributed by atoms with Gasteiger partial charge in [-0.15, -0.1) is 10.2 Å². The van der Waals surface area contributed by atoms with Gasteiger partial charge in [-0.1, -0.05) is 11.8 Å². The van der Waals surface area contributed by atoms with Crippen LogP contribution in [0.4, 0.5) is 0 Å². The van der Waals surface area contributed by atoms with Crippen LogP contribution < -0.4 is 5.32 Å². The SMILES string of the molecule is CCn1c(SCC(=O)NC(C)Cc2ccco2)nnc1-c1ccco1. The van der Waals surface area contributed by atoms with Gasteiger partial charge in [0.05, 0.1) is 18.3 Å². The maximum absolute atomic E-state index is 12.2. The lowest BCUT2D eigenvalue weighted by atomic mass is 10.2. The minimum absolute atomic E-state index is 0.00183. The maximum Gasteiger partial charge on any atom is 0.230 e. The molecule has 0 aliphatic carbocycles. The van der Waals surface area contributed by atoms with Gasteiger partial charge in [0.1, 0.15) is 5.76 Å². The van der Waals surface area contributed by atoms with Gasteiger partial charge in [-0.25, -0.2) is 0 Å². The molecule has 0 saturated carbocycles. The third kappa shape index (κ3) is 4.33. The Hall–Kier alpha value is -2.48. The third-order valence-electron chi connectivity index (χ3n) is 3.60. The van der Waals surface area contributed by atoms with Crippen molar-refractivity contribution in [2.75, 3.05) is 5.75 Å². The van der Waals surface area contributed by atoms with E-state index in [4.69, 9.17) is 8.83 Å². The number of aromatic nitrogens is 3. The minimum atomic E-state index is -0.0470. The van der Waals surface area contributed by atoms with E-state index in [-0.39, 0.29) is 17.7 Å². The molecule has 7 nitrogen and oxygen atoms in total. The molecule has 1 N–H and O–H groups in total. The first-order valence-electron chi connectivity index (χ1n) is 8.09. The summed E-state index contributed by atoms with van der Waals surface area (Å²) in [5.41, 5.74) is 0. The van der Waals surface area contributed by atoms with Crippen LogP contribution in [-0.2, 0) is 17.8 Å². The van der Waals surface area contributed by atoms with Crippen LogP contribution in [0, 0.1) is 0 Å². The molecule has 3 heterocycles. The van der Waals surface area contributed by atoms with Crippen molar-refractivity contribution >= 4 is 17.7 Å². The predicted molar refractivity (Wildman–Crippen MR) is 94.1 cm³/mol. The highest BCUT2D eigenvalue weighted by molar-refractivity contribution is 7.99. The molecule has 8 heteroatoms. The van der Waals surface area contributed by atoms with Crippen LogP contribution in [-0.4, -0.2) is 32.5 Å². The van der Waals surface area contributed by atoms with Crippen LogP contribution in [0.1, 0.15) is 19.6 Å². The summed E-state index contributed by atoms with van der Waals surface area (Å²) in [7, 11) is 0. The predicted octanol–water partition coefficient (Wildman–Crippen LogP) is 2.99. The van der Waals surface area contributed by atoms with E-state index in [1.807, 2.05) is 42.7 Å². The highest BCUT2D eigenvalue weighted by atomic mass is 32.2. The molecule has 132 valence electrons. The van der Waals surface area contributed by atoms with Gasteiger partial charge in [0.15, 0.2) is 16.7 Å². The number of carbonyl (C=O) groups excluding carboxylic acids is 1. The fraction of sp³-hybridized carbons (Fsp3) is 0.353. The van der Waals surface area contributed by atoms with Gasteiger partial charge in [-0.2, -0.15) is 0 Å². The summed E-state index contributed by atoms with van der Waals surface area (Å²) < 4.78 is 12.6. The monoisotopic (exact) mass is 360 g/mol. The molecule has 3 aromatic rings. The molecule has 0 aliphatic heterocycles. The summed E-state index contributed by atoms with van der Waals surface area (Å²) in [6, 6.07) is 7.39. The molecule has 0 fully saturated rings. The third-order valence-corrected chi connectivity index (χ3v) is 4.57. The molecule has 0 spiro atoms. The Balaban J connectivity index is 1.55. The summed E-state index contributed by atoms with van der Waals surface area (Å²) in [6.07, 6.45) is 3.90. The van der Waals surface area contributed by atoms with Crippen molar-refractivity contribution in [1.29, 1.82) is 0 Å². The van der Waals surface area contributed by atoms with Gasteiger partial charge < -0.3 is 14.2 Å². The Labute approximate surface area is 149 Å². The lowest BCUT2D eigenvalue weighted by Gasteiger charge is -2.12. The lowest BCUT2D eigenvalue weighted by molar-refractivity contribution is -0.119. The Morgan fingerprint density at radius 1 is 1.28 bits per heavy atom. The zero-order chi connectivity index (χ0) is 17.6. The zero-order valence-corrected chi connectivity index (χ0v) is 15.0. The zero-order valence-electron chi connectivity index (χ0n) is 14.1. The van der Waals surface area contributed by atoms with E-state index >= 15 is 0 Å². The van der Waals surface area contributed by atoms with Gasteiger partial charge in [-0.3, -0.25) is 9.36 Å². The minimum Gasteiger partial charge on any atom is -0.469 e. The van der Waals surface area contributed by atoms with Crippen molar-refractivity contribution in [2.45, 2.75) is 38.0 Å². The molecular weight excluding hydrogens is 340 g/mol. The van der Waals surface area contributed by atoms with Gasteiger partial charge in [0.2, 0.25) is 5.91 Å². The molecule has 0 saturated heterocycles. The second-order valence-corrected chi connectivity index (χ2v) is 6.51. The van der Waals surface area contributed by atoms with Crippen LogP contribution in [0.3, 0.4) is 0 Å². The normalized spacial score (nSPS) is 12.2. The molecule has 0 bridgehead atoms. The fourth-order valence-electron chi connectivity index (χ4n) is 2.50. The smallest absolute Gasteiger partial charge is 0.230 e. The number of hydrogen-bond acceptors (Lipinski definition) is 6. The molecule has 1 atom stereocenters. The average Bonchev–Trinajstić information content (AvgIpc) is 3.33. The van der Waals surface area contributed by atoms with E-state index in [9.17, 15) is 4.79 Å². The molecule has 1 amide bonds. The van der Waals surface area contributed by atoms with E-state index in [0.717, 1.165) is 5.76 Å². The summed E-state index contributed by atoms with van der Waals surface area (Å²) in [5.74, 6) is 2.42. The summed E-state index contributed by atoms with van der Waals surface area (Å²) in [5, 5.41) is 12.0. The van der Waals surface area contributed by atoms with Crippen molar-refractivity contribution in [3.05, 3.63) is 42.6 Å². The second kappa shape index (κ2) is 8.06. The van der Waals surface area contributed by atoms with Gasteiger partial charge in [0, 0.05) is 19.0 Å². The van der Waals surface area contributed by atoms with E-state index in [1.165, 1.54) is 11.8 Å². The lowest BCUT2D eigenvalue weighted by Crippen LogP contribution is -2.35. The molecule has 0 aromatic carbocycles. The van der Waals surface area contributed by atoms with Gasteiger partial charge in [0.25, 0.3) is 0 Å². The molecule has 0 radical (unpaired) electrons. The van der Waals surface area contributed by atoms with Crippen LogP contribution in [0.5, 0.6) is 0 Å². The van der Waals surface area contributed by atoms with E-state index < -0.39 is 0 Å². The van der Waals surface area contributed by atoms with E-state index in [2.05, 4.69) is 15.5 Å². The highest BCUT2D eigenvalue weighted by Crippen LogP contribution is 2.24. The maximum atomic E-state index is 12.2. The number of furan rings is 2. The van der Waals surface area contributed by atoms with Crippen LogP contribution in [0.2, 0.25) is 0 Å². The summed E-state index contributed by atoms with van der Waals surface area (Å²) in [4.78, 5) is 12.2. The van der Waals surface area contributed by atoms with Crippen molar-refractivity contribution in [3.63, 3.8) is 0 Å². The fourth-order valence-corrected chi connectivity index (χ4v) is 3.31. The van der Waals surface area contributed by atoms with Crippen LogP contribution in [0.15, 0.2) is 50.8 Å². The molecule has 25 heavy (non-hydrogen) atoms. The number of carbonyl (C=O) groups is 1. The van der Waals surface area contributed by atoms with Gasteiger partial charge in [-0.05, 0) is 38.1 Å². The summed E-state index contributed by atoms with van der Waals surface area (Å²) in [6.45, 7) is 4.65. The molecule has 3 aromatic heterocycles. The second-order valence-electron chi connectivity index (χ2n) is 5.57. The first-order valence-corrected chi connectivity index (χ1v) is 9.07. The number of nitrogens with one attached hydrogen (secondary N) is 1. The Morgan fingerprint density at radius 2 is 2.08 bits per heavy atom. The first-order chi connectivity index (χ1) is 12.2. The Bertz CT molecular complexity index is 796. The quantitative estimate of drug-likeness (QED) is 0.622. The highest BCUT2D eigenvalue weighted by Gasteiger charge is 2.17. The first kappa shape index (κ1) is 17.3. The number of amides is 1. The Morgan fingerprint density at radius 3 is 2.76 bits per heavy atom. The molecule has 3 rings (SSSR count). The van der Waals surface area contributed by atoms with Crippen LogP contribution in [0.25, 0.3) is 11.6 Å². The summed E-state index contributed by atoms with van der Waals surface area (Å²) >= 11 is 1.36. The van der Waals surface area contributed by atoms with Crippen molar-refractivity contribution in [1.82, 2.24) is 20.1 Å². The standard InChI is InChI=1S/C17H20N4O3S/c1-3-21-16(14-7-5-9-24-14)19-20-17(21)25-11-15(22)18-12(2)10-13-6-4-8-23-13/h4-9,12H,3,10-11H2,1-2H3,(H,18,22). The molecule has 1 unspecified atom stereocenters. The Kier molecular flexibility index (Phi) is 5.60. The number of thioether (sulfide) groups is 1. The van der Waals surface area contributed by atoms with E-state index in [1.54, 1.807) is 12.5 Å². The number of nitrogens with zero attached hydrogens (tertiary/aromatic N) is 3. The van der Waals surface area contributed by atoms with Crippen molar-refractivity contribution in [3.8, 4) is 11.6 Å². The largest absolute Gasteiger partial charge is 0.469 e. The molecule has 0 aliphatic rings. The number of rotatable bonds is 8. The number of hydrogen-bond donors (Lipinski definition) is 1. The van der Waals surface area contributed by atoms with Gasteiger partial charge >= 0.3 is 0 Å².